The summed E-state index contributed by atoms with van der Waals surface area (Å²) in [6.07, 6.45) is 2.36. The van der Waals surface area contributed by atoms with Gasteiger partial charge >= 0.3 is 0 Å². The maximum absolute atomic E-state index is 12.7. The minimum Gasteiger partial charge on any atom is -0.308 e. The number of halogens is 1. The monoisotopic (exact) mass is 210 g/mol. The molecule has 15 heavy (non-hydrogen) atoms. The number of aromatic nitrogens is 1. The van der Waals surface area contributed by atoms with Gasteiger partial charge in [0, 0.05) is 0 Å². The van der Waals surface area contributed by atoms with Crippen molar-refractivity contribution in [1.82, 2.24) is 10.3 Å². The lowest BCUT2D eigenvalue weighted by atomic mass is 10.0. The largest absolute Gasteiger partial charge is 0.308 e. The third-order valence-corrected chi connectivity index (χ3v) is 2.35. The number of nitrogens with zero attached hydrogens (tertiary/aromatic N) is 1. The lowest BCUT2D eigenvalue weighted by molar-refractivity contribution is 0.403. The quantitative estimate of drug-likeness (QED) is 0.808. The molecule has 1 heterocycles. The summed E-state index contributed by atoms with van der Waals surface area (Å²) >= 11 is 0. The average Bonchev–Trinajstić information content (AvgIpc) is 2.21. The predicted molar refractivity (Wildman–Crippen MR) is 60.1 cm³/mol. The highest BCUT2D eigenvalue weighted by atomic mass is 19.1. The van der Waals surface area contributed by atoms with E-state index in [1.807, 2.05) is 0 Å². The summed E-state index contributed by atoms with van der Waals surface area (Å²) < 4.78 is 12.7. The lowest BCUT2D eigenvalue weighted by Crippen LogP contribution is -2.27. The molecule has 1 atom stereocenters. The fourth-order valence-corrected chi connectivity index (χ4v) is 1.55. The average molecular weight is 210 g/mol. The van der Waals surface area contributed by atoms with E-state index in [0.717, 1.165) is 18.7 Å². The van der Waals surface area contributed by atoms with E-state index in [-0.39, 0.29) is 11.9 Å². The minimum absolute atomic E-state index is 0.213. The van der Waals surface area contributed by atoms with Gasteiger partial charge in [-0.05, 0) is 31.0 Å². The fraction of sp³-hybridized carbons (Fsp3) is 0.583. The smallest absolute Gasteiger partial charge is 0.141 e. The van der Waals surface area contributed by atoms with E-state index in [1.165, 1.54) is 12.3 Å². The molecule has 0 aliphatic rings. The first-order valence-electron chi connectivity index (χ1n) is 5.50. The summed E-state index contributed by atoms with van der Waals surface area (Å²) in [6, 6.07) is 3.43. The zero-order chi connectivity index (χ0) is 11.3. The first kappa shape index (κ1) is 12.1. The van der Waals surface area contributed by atoms with Crippen LogP contribution in [-0.4, -0.2) is 11.5 Å². The van der Waals surface area contributed by atoms with Crippen molar-refractivity contribution in [1.29, 1.82) is 0 Å². The Labute approximate surface area is 90.9 Å². The maximum Gasteiger partial charge on any atom is 0.141 e. The van der Waals surface area contributed by atoms with Crippen LogP contribution in [0.15, 0.2) is 18.3 Å². The van der Waals surface area contributed by atoms with Crippen LogP contribution in [0.2, 0.25) is 0 Å². The Morgan fingerprint density at radius 1 is 1.40 bits per heavy atom. The highest BCUT2D eigenvalue weighted by Gasteiger charge is 2.15. The molecular weight excluding hydrogens is 191 g/mol. The van der Waals surface area contributed by atoms with Gasteiger partial charge in [-0.2, -0.15) is 0 Å². The molecule has 0 fully saturated rings. The summed E-state index contributed by atoms with van der Waals surface area (Å²) in [5.74, 6) is 0.172. The topological polar surface area (TPSA) is 24.9 Å². The van der Waals surface area contributed by atoms with Crippen LogP contribution in [0.3, 0.4) is 0 Å². The third kappa shape index (κ3) is 3.59. The van der Waals surface area contributed by atoms with Crippen molar-refractivity contribution in [3.05, 3.63) is 29.8 Å². The van der Waals surface area contributed by atoms with Gasteiger partial charge < -0.3 is 5.32 Å². The maximum atomic E-state index is 12.7. The Balaban J connectivity index is 2.74. The van der Waals surface area contributed by atoms with E-state index in [1.54, 1.807) is 6.07 Å². The second-order valence-electron chi connectivity index (χ2n) is 4.08. The number of hydrogen-bond donors (Lipinski definition) is 1. The number of pyridine rings is 1. The standard InChI is InChI=1S/C12H19FN2/c1-4-7-14-12(9(2)3)11-6-5-10(13)8-15-11/h5-6,8-9,12,14H,4,7H2,1-3H3. The lowest BCUT2D eigenvalue weighted by Gasteiger charge is -2.21. The Morgan fingerprint density at radius 3 is 2.60 bits per heavy atom. The molecule has 0 saturated heterocycles. The fourth-order valence-electron chi connectivity index (χ4n) is 1.55. The van der Waals surface area contributed by atoms with Crippen molar-refractivity contribution in [3.8, 4) is 0 Å². The highest BCUT2D eigenvalue weighted by molar-refractivity contribution is 5.10. The Hall–Kier alpha value is -0.960. The molecule has 1 aromatic rings. The first-order valence-corrected chi connectivity index (χ1v) is 5.50. The summed E-state index contributed by atoms with van der Waals surface area (Å²) in [5, 5.41) is 3.42. The van der Waals surface area contributed by atoms with E-state index in [2.05, 4.69) is 31.1 Å². The molecule has 2 nitrogen and oxygen atoms in total. The molecule has 84 valence electrons. The molecule has 1 rings (SSSR count). The van der Waals surface area contributed by atoms with Gasteiger partial charge in [0.05, 0.1) is 17.9 Å². The van der Waals surface area contributed by atoms with E-state index in [9.17, 15) is 4.39 Å². The van der Waals surface area contributed by atoms with Crippen molar-refractivity contribution >= 4 is 0 Å². The molecule has 0 radical (unpaired) electrons. The second kappa shape index (κ2) is 5.81. The van der Waals surface area contributed by atoms with Crippen molar-refractivity contribution < 1.29 is 4.39 Å². The van der Waals surface area contributed by atoms with Gasteiger partial charge in [0.2, 0.25) is 0 Å². The first-order chi connectivity index (χ1) is 7.15. The molecule has 1 aromatic heterocycles. The molecular formula is C12H19FN2. The molecule has 0 saturated carbocycles. The SMILES string of the molecule is CCCNC(c1ccc(F)cn1)C(C)C. The van der Waals surface area contributed by atoms with Crippen molar-refractivity contribution in [3.63, 3.8) is 0 Å². The molecule has 0 bridgehead atoms. The van der Waals surface area contributed by atoms with Crippen LogP contribution in [0, 0.1) is 11.7 Å². The number of rotatable bonds is 5. The van der Waals surface area contributed by atoms with Crippen molar-refractivity contribution in [2.75, 3.05) is 6.54 Å². The van der Waals surface area contributed by atoms with E-state index in [0.29, 0.717) is 5.92 Å². The van der Waals surface area contributed by atoms with Crippen LogP contribution in [0.1, 0.15) is 38.9 Å². The van der Waals surface area contributed by atoms with Crippen LogP contribution >= 0.6 is 0 Å². The number of hydrogen-bond acceptors (Lipinski definition) is 2. The van der Waals surface area contributed by atoms with Gasteiger partial charge in [-0.25, -0.2) is 4.39 Å². The Bertz CT molecular complexity index is 282. The normalized spacial score (nSPS) is 13.1. The molecule has 0 aliphatic heterocycles. The zero-order valence-electron chi connectivity index (χ0n) is 9.63. The second-order valence-corrected chi connectivity index (χ2v) is 4.08. The minimum atomic E-state index is -0.281. The molecule has 0 aromatic carbocycles. The van der Waals surface area contributed by atoms with Crippen LogP contribution < -0.4 is 5.32 Å². The molecule has 0 amide bonds. The molecule has 0 aliphatic carbocycles. The summed E-state index contributed by atoms with van der Waals surface area (Å²) in [5.41, 5.74) is 0.917. The summed E-state index contributed by atoms with van der Waals surface area (Å²) in [7, 11) is 0. The Morgan fingerprint density at radius 2 is 2.13 bits per heavy atom. The predicted octanol–water partition coefficient (Wildman–Crippen LogP) is 2.92. The van der Waals surface area contributed by atoms with Gasteiger partial charge in [0.15, 0.2) is 0 Å². The van der Waals surface area contributed by atoms with Gasteiger partial charge in [-0.3, -0.25) is 4.98 Å². The molecule has 3 heteroatoms. The molecule has 1 N–H and O–H groups in total. The van der Waals surface area contributed by atoms with Crippen molar-refractivity contribution in [2.45, 2.75) is 33.2 Å². The zero-order valence-corrected chi connectivity index (χ0v) is 9.63. The number of nitrogens with one attached hydrogen (secondary N) is 1. The van der Waals surface area contributed by atoms with E-state index in [4.69, 9.17) is 0 Å². The van der Waals surface area contributed by atoms with Crippen LogP contribution in [0.5, 0.6) is 0 Å². The van der Waals surface area contributed by atoms with Crippen LogP contribution in [-0.2, 0) is 0 Å². The Kier molecular flexibility index (Phi) is 4.69. The summed E-state index contributed by atoms with van der Waals surface area (Å²) in [6.45, 7) is 7.36. The van der Waals surface area contributed by atoms with Gasteiger partial charge in [0.1, 0.15) is 5.82 Å². The van der Waals surface area contributed by atoms with Crippen LogP contribution in [0.25, 0.3) is 0 Å². The van der Waals surface area contributed by atoms with E-state index >= 15 is 0 Å². The van der Waals surface area contributed by atoms with Gasteiger partial charge in [-0.1, -0.05) is 20.8 Å². The van der Waals surface area contributed by atoms with Crippen molar-refractivity contribution in [2.24, 2.45) is 5.92 Å². The van der Waals surface area contributed by atoms with Gasteiger partial charge in [-0.15, -0.1) is 0 Å². The third-order valence-electron chi connectivity index (χ3n) is 2.35. The van der Waals surface area contributed by atoms with Gasteiger partial charge in [0.25, 0.3) is 0 Å². The highest BCUT2D eigenvalue weighted by Crippen LogP contribution is 2.19. The van der Waals surface area contributed by atoms with Crippen LogP contribution in [0.4, 0.5) is 4.39 Å². The summed E-state index contributed by atoms with van der Waals surface area (Å²) in [4.78, 5) is 4.12. The molecule has 1 unspecified atom stereocenters. The molecule has 0 spiro atoms. The van der Waals surface area contributed by atoms with E-state index < -0.39 is 0 Å².